The average Bonchev–Trinajstić information content (AvgIpc) is 3.03. The molecule has 2 amide bonds. The Kier molecular flexibility index (Phi) is 7.15. The van der Waals surface area contributed by atoms with E-state index in [9.17, 15) is 9.59 Å². The van der Waals surface area contributed by atoms with Crippen LogP contribution in [-0.2, 0) is 23.1 Å². The van der Waals surface area contributed by atoms with E-state index in [4.69, 9.17) is 11.6 Å². The summed E-state index contributed by atoms with van der Waals surface area (Å²) in [6.45, 7) is 5.20. The van der Waals surface area contributed by atoms with Crippen LogP contribution in [0.1, 0.15) is 11.4 Å². The molecule has 156 valence electrons. The molecule has 0 bridgehead atoms. The monoisotopic (exact) mass is 436 g/mol. The summed E-state index contributed by atoms with van der Waals surface area (Å²) >= 11 is 7.44. The van der Waals surface area contributed by atoms with Crippen LogP contribution in [0.25, 0.3) is 0 Å². The molecule has 0 aliphatic carbocycles. The second kappa shape index (κ2) is 9.60. The van der Waals surface area contributed by atoms with Gasteiger partial charge in [0.25, 0.3) is 0 Å². The number of hydrogen-bond acceptors (Lipinski definition) is 6. The van der Waals surface area contributed by atoms with Gasteiger partial charge in [-0.25, -0.2) is 0 Å². The highest BCUT2D eigenvalue weighted by atomic mass is 35.5. The molecule has 0 atom stereocenters. The summed E-state index contributed by atoms with van der Waals surface area (Å²) in [6.07, 6.45) is 0.0853. The highest BCUT2D eigenvalue weighted by Gasteiger charge is 2.20. The van der Waals surface area contributed by atoms with Gasteiger partial charge < -0.3 is 19.7 Å². The van der Waals surface area contributed by atoms with E-state index in [0.29, 0.717) is 27.4 Å². The number of hydrogen-bond donors (Lipinski definition) is 1. The van der Waals surface area contributed by atoms with Crippen molar-refractivity contribution in [3.8, 4) is 0 Å². The van der Waals surface area contributed by atoms with Crippen LogP contribution >= 0.6 is 23.4 Å². The maximum Gasteiger partial charge on any atom is 0.233 e. The lowest BCUT2D eigenvalue weighted by Crippen LogP contribution is -2.47. The third kappa shape index (κ3) is 5.71. The first-order chi connectivity index (χ1) is 13.8. The van der Waals surface area contributed by atoms with Gasteiger partial charge in [0.15, 0.2) is 5.16 Å². The SMILES string of the molecule is Cc1ccc(NC(=O)Cc2nnc(SCC(=O)N3CCN(C)CC3)n2C)cc1Cl. The highest BCUT2D eigenvalue weighted by Crippen LogP contribution is 2.21. The number of thioether (sulfide) groups is 1. The van der Waals surface area contributed by atoms with E-state index in [1.54, 1.807) is 23.7 Å². The van der Waals surface area contributed by atoms with Gasteiger partial charge >= 0.3 is 0 Å². The molecule has 29 heavy (non-hydrogen) atoms. The average molecular weight is 437 g/mol. The van der Waals surface area contributed by atoms with Crippen molar-refractivity contribution < 1.29 is 9.59 Å². The van der Waals surface area contributed by atoms with E-state index in [1.807, 2.05) is 17.9 Å². The fourth-order valence-electron chi connectivity index (χ4n) is 2.92. The van der Waals surface area contributed by atoms with Gasteiger partial charge in [0.2, 0.25) is 11.8 Å². The summed E-state index contributed by atoms with van der Waals surface area (Å²) < 4.78 is 1.75. The first kappa shape index (κ1) is 21.6. The van der Waals surface area contributed by atoms with Gasteiger partial charge in [-0.15, -0.1) is 10.2 Å². The Morgan fingerprint density at radius 2 is 1.90 bits per heavy atom. The minimum atomic E-state index is -0.203. The van der Waals surface area contributed by atoms with Crippen LogP contribution in [0, 0.1) is 6.92 Å². The van der Waals surface area contributed by atoms with Crippen molar-refractivity contribution in [2.45, 2.75) is 18.5 Å². The van der Waals surface area contributed by atoms with Gasteiger partial charge in [0.05, 0.1) is 12.2 Å². The molecule has 0 unspecified atom stereocenters. The molecule has 1 N–H and O–H groups in total. The number of likely N-dealkylation sites (N-methyl/N-ethyl adjacent to an activating group) is 1. The third-order valence-electron chi connectivity index (χ3n) is 4.88. The lowest BCUT2D eigenvalue weighted by molar-refractivity contribution is -0.129. The van der Waals surface area contributed by atoms with Gasteiger partial charge in [-0.2, -0.15) is 0 Å². The first-order valence-electron chi connectivity index (χ1n) is 9.37. The Hall–Kier alpha value is -2.10. The lowest BCUT2D eigenvalue weighted by atomic mass is 10.2. The minimum absolute atomic E-state index is 0.0853. The molecule has 0 radical (unpaired) electrons. The number of benzene rings is 1. The third-order valence-corrected chi connectivity index (χ3v) is 6.29. The zero-order valence-corrected chi connectivity index (χ0v) is 18.4. The van der Waals surface area contributed by atoms with Gasteiger partial charge in [-0.1, -0.05) is 29.4 Å². The summed E-state index contributed by atoms with van der Waals surface area (Å²) in [7, 11) is 3.86. The van der Waals surface area contributed by atoms with E-state index in [0.717, 1.165) is 31.7 Å². The molecule has 1 saturated heterocycles. The Morgan fingerprint density at radius 1 is 1.17 bits per heavy atom. The largest absolute Gasteiger partial charge is 0.339 e. The number of amides is 2. The number of nitrogens with one attached hydrogen (secondary N) is 1. The standard InChI is InChI=1S/C19H25ClN6O2S/c1-13-4-5-14(10-15(13)20)21-17(27)11-16-22-23-19(25(16)3)29-12-18(28)26-8-6-24(2)7-9-26/h4-5,10H,6-9,11-12H2,1-3H3,(H,21,27). The fourth-order valence-corrected chi connectivity index (χ4v) is 3.93. The lowest BCUT2D eigenvalue weighted by Gasteiger charge is -2.32. The molecule has 0 saturated carbocycles. The number of aromatic nitrogens is 3. The summed E-state index contributed by atoms with van der Waals surface area (Å²) in [6, 6.07) is 5.38. The zero-order valence-electron chi connectivity index (χ0n) is 16.8. The van der Waals surface area contributed by atoms with Crippen molar-refractivity contribution in [1.29, 1.82) is 0 Å². The molecule has 1 fully saturated rings. The predicted octanol–water partition coefficient (Wildman–Crippen LogP) is 1.82. The highest BCUT2D eigenvalue weighted by molar-refractivity contribution is 7.99. The summed E-state index contributed by atoms with van der Waals surface area (Å²) in [5.74, 6) is 0.742. The maximum atomic E-state index is 12.4. The quantitative estimate of drug-likeness (QED) is 0.695. The number of carbonyl (C=O) groups excluding carboxylic acids is 2. The van der Waals surface area contributed by atoms with Gasteiger partial charge in [-0.3, -0.25) is 9.59 Å². The number of aryl methyl sites for hydroxylation is 1. The molecule has 1 aliphatic rings. The fraction of sp³-hybridized carbons (Fsp3) is 0.474. The molecule has 8 nitrogen and oxygen atoms in total. The number of halogens is 1. The number of anilines is 1. The van der Waals surface area contributed by atoms with Crippen molar-refractivity contribution >= 4 is 40.9 Å². The van der Waals surface area contributed by atoms with Gasteiger partial charge in [-0.05, 0) is 31.7 Å². The summed E-state index contributed by atoms with van der Waals surface area (Å²) in [4.78, 5) is 28.8. The molecule has 10 heteroatoms. The van der Waals surface area contributed by atoms with E-state index >= 15 is 0 Å². The Bertz CT molecular complexity index is 895. The molecule has 2 aromatic rings. The van der Waals surface area contributed by atoms with Crippen LogP contribution in [0.15, 0.2) is 23.4 Å². The molecular weight excluding hydrogens is 412 g/mol. The number of carbonyl (C=O) groups is 2. The van der Waals surface area contributed by atoms with E-state index in [2.05, 4.69) is 27.5 Å². The minimum Gasteiger partial charge on any atom is -0.339 e. The molecule has 2 heterocycles. The van der Waals surface area contributed by atoms with E-state index in [1.165, 1.54) is 11.8 Å². The molecule has 1 aromatic heterocycles. The maximum absolute atomic E-state index is 12.4. The predicted molar refractivity (Wildman–Crippen MR) is 114 cm³/mol. The summed E-state index contributed by atoms with van der Waals surface area (Å²) in [5, 5.41) is 12.3. The van der Waals surface area contributed by atoms with Crippen molar-refractivity contribution in [3.63, 3.8) is 0 Å². The van der Waals surface area contributed by atoms with Crippen molar-refractivity contribution in [2.24, 2.45) is 7.05 Å². The Morgan fingerprint density at radius 3 is 2.59 bits per heavy atom. The van der Waals surface area contributed by atoms with Crippen molar-refractivity contribution in [3.05, 3.63) is 34.6 Å². The number of rotatable bonds is 6. The van der Waals surface area contributed by atoms with E-state index < -0.39 is 0 Å². The van der Waals surface area contributed by atoms with Gasteiger partial charge in [0, 0.05) is 43.9 Å². The normalized spacial score (nSPS) is 14.8. The van der Waals surface area contributed by atoms with Crippen molar-refractivity contribution in [2.75, 3.05) is 44.3 Å². The number of piperazine rings is 1. The molecule has 1 aromatic carbocycles. The van der Waals surface area contributed by atoms with Crippen LogP contribution in [-0.4, -0.2) is 75.4 Å². The second-order valence-corrected chi connectivity index (χ2v) is 8.47. The zero-order chi connectivity index (χ0) is 21.0. The topological polar surface area (TPSA) is 83.4 Å². The van der Waals surface area contributed by atoms with Crippen LogP contribution < -0.4 is 5.32 Å². The van der Waals surface area contributed by atoms with Crippen molar-refractivity contribution in [1.82, 2.24) is 24.6 Å². The first-order valence-corrected chi connectivity index (χ1v) is 10.7. The van der Waals surface area contributed by atoms with Gasteiger partial charge in [0.1, 0.15) is 5.82 Å². The Balaban J connectivity index is 1.52. The Labute approximate surface area is 179 Å². The van der Waals surface area contributed by atoms with Crippen LogP contribution in [0.2, 0.25) is 5.02 Å². The van der Waals surface area contributed by atoms with Crippen LogP contribution in [0.3, 0.4) is 0 Å². The second-order valence-electron chi connectivity index (χ2n) is 7.12. The molecule has 1 aliphatic heterocycles. The molecular formula is C19H25ClN6O2S. The smallest absolute Gasteiger partial charge is 0.233 e. The van der Waals surface area contributed by atoms with Crippen LogP contribution in [0.4, 0.5) is 5.69 Å². The van der Waals surface area contributed by atoms with E-state index in [-0.39, 0.29) is 18.2 Å². The number of nitrogens with zero attached hydrogens (tertiary/aromatic N) is 5. The molecule has 0 spiro atoms. The van der Waals surface area contributed by atoms with Crippen LogP contribution in [0.5, 0.6) is 0 Å². The summed E-state index contributed by atoms with van der Waals surface area (Å²) in [5.41, 5.74) is 1.59. The molecule has 3 rings (SSSR count).